The minimum atomic E-state index is 0.919. The van der Waals surface area contributed by atoms with Crippen molar-refractivity contribution in [1.29, 1.82) is 0 Å². The van der Waals surface area contributed by atoms with Crippen LogP contribution < -0.4 is 0 Å². The highest BCUT2D eigenvalue weighted by atomic mass is 79.9. The number of aryl methyl sites for hydroxylation is 1. The molecule has 0 aromatic heterocycles. The fraction of sp³-hybridized carbons (Fsp3) is 0.250. The Balaban J connectivity index is 2.20. The van der Waals surface area contributed by atoms with E-state index in [4.69, 9.17) is 0 Å². The Morgan fingerprint density at radius 3 is 1.65 bits per heavy atom. The summed E-state index contributed by atoms with van der Waals surface area (Å²) in [5.74, 6) is 0. The van der Waals surface area contributed by atoms with Crippen molar-refractivity contribution < 1.29 is 0 Å². The fourth-order valence-electron chi connectivity index (χ4n) is 1.94. The molecule has 0 heterocycles. The first kappa shape index (κ1) is 12.4. The largest absolute Gasteiger partial charge is 0.0876 e. The molecule has 2 aromatic carbocycles. The number of rotatable bonds is 4. The van der Waals surface area contributed by atoms with Crippen molar-refractivity contribution in [2.75, 3.05) is 0 Å². The summed E-state index contributed by atoms with van der Waals surface area (Å²) in [7, 11) is 0. The van der Waals surface area contributed by atoms with Crippen LogP contribution in [0.25, 0.3) is 11.1 Å². The van der Waals surface area contributed by atoms with Crippen molar-refractivity contribution in [3.8, 4) is 11.1 Å². The smallest absolute Gasteiger partial charge is 0.0283 e. The molecule has 0 aliphatic carbocycles. The highest BCUT2D eigenvalue weighted by molar-refractivity contribution is 9.08. The van der Waals surface area contributed by atoms with E-state index in [1.54, 1.807) is 0 Å². The third-order valence-corrected chi connectivity index (χ3v) is 3.58. The molecule has 1 heteroatoms. The third-order valence-electron chi connectivity index (χ3n) is 2.93. The summed E-state index contributed by atoms with van der Waals surface area (Å²) in [6, 6.07) is 17.6. The second-order valence-corrected chi connectivity index (χ2v) is 4.84. The molecule has 0 saturated heterocycles. The normalized spacial score (nSPS) is 10.5. The Morgan fingerprint density at radius 1 is 0.765 bits per heavy atom. The molecule has 0 radical (unpaired) electrons. The molecule has 2 rings (SSSR count). The first-order valence-electron chi connectivity index (χ1n) is 6.07. The summed E-state index contributed by atoms with van der Waals surface area (Å²) in [6.07, 6.45) is 2.38. The molecule has 0 bridgehead atoms. The highest BCUT2D eigenvalue weighted by Gasteiger charge is 1.98. The van der Waals surface area contributed by atoms with Crippen LogP contribution in [-0.2, 0) is 11.8 Å². The van der Waals surface area contributed by atoms with Gasteiger partial charge in [-0.05, 0) is 28.7 Å². The molecule has 0 N–H and O–H groups in total. The molecule has 0 spiro atoms. The summed E-state index contributed by atoms with van der Waals surface area (Å²) in [4.78, 5) is 0. The predicted octanol–water partition coefficient (Wildman–Crippen LogP) is 5.20. The maximum absolute atomic E-state index is 3.47. The molecule has 0 amide bonds. The maximum atomic E-state index is 3.47. The van der Waals surface area contributed by atoms with Crippen LogP contribution in [0, 0.1) is 0 Å². The third kappa shape index (κ3) is 3.19. The first-order valence-corrected chi connectivity index (χ1v) is 7.20. The van der Waals surface area contributed by atoms with Gasteiger partial charge in [-0.1, -0.05) is 77.8 Å². The van der Waals surface area contributed by atoms with E-state index in [1.165, 1.54) is 35.1 Å². The molecule has 0 atom stereocenters. The average molecular weight is 289 g/mol. The topological polar surface area (TPSA) is 0 Å². The fourth-order valence-corrected chi connectivity index (χ4v) is 2.31. The molecule has 0 saturated carbocycles. The van der Waals surface area contributed by atoms with Crippen LogP contribution in [0.2, 0.25) is 0 Å². The van der Waals surface area contributed by atoms with Gasteiger partial charge < -0.3 is 0 Å². The lowest BCUT2D eigenvalue weighted by Gasteiger charge is -2.04. The minimum Gasteiger partial charge on any atom is -0.0876 e. The van der Waals surface area contributed by atoms with Crippen LogP contribution in [0.4, 0.5) is 0 Å². The lowest BCUT2D eigenvalue weighted by atomic mass is 10.0. The van der Waals surface area contributed by atoms with Crippen molar-refractivity contribution in [1.82, 2.24) is 0 Å². The Hall–Kier alpha value is -1.08. The second-order valence-electron chi connectivity index (χ2n) is 4.28. The van der Waals surface area contributed by atoms with Crippen LogP contribution in [0.1, 0.15) is 24.5 Å². The Bertz CT molecular complexity index is 454. The Kier molecular flexibility index (Phi) is 4.38. The van der Waals surface area contributed by atoms with Crippen LogP contribution in [0.15, 0.2) is 48.5 Å². The van der Waals surface area contributed by atoms with E-state index in [0.29, 0.717) is 0 Å². The molecule has 0 fully saturated rings. The molecule has 2 aromatic rings. The maximum Gasteiger partial charge on any atom is 0.0283 e. The summed E-state index contributed by atoms with van der Waals surface area (Å²) in [6.45, 7) is 2.22. The van der Waals surface area contributed by atoms with Crippen molar-refractivity contribution >= 4 is 15.9 Å². The molecule has 0 unspecified atom stereocenters. The van der Waals surface area contributed by atoms with Crippen molar-refractivity contribution in [3.05, 3.63) is 59.7 Å². The van der Waals surface area contributed by atoms with Crippen LogP contribution >= 0.6 is 15.9 Å². The van der Waals surface area contributed by atoms with Gasteiger partial charge in [0.05, 0.1) is 0 Å². The van der Waals surface area contributed by atoms with Gasteiger partial charge >= 0.3 is 0 Å². The molecule has 0 aliphatic rings. The minimum absolute atomic E-state index is 0.919. The standard InChI is InChI=1S/C16H17Br/c1-2-3-13-4-8-15(9-5-13)16-10-6-14(12-17)7-11-16/h4-11H,2-3,12H2,1H3. The lowest BCUT2D eigenvalue weighted by Crippen LogP contribution is -1.84. The predicted molar refractivity (Wildman–Crippen MR) is 78.5 cm³/mol. The van der Waals surface area contributed by atoms with Gasteiger partial charge in [-0.3, -0.25) is 0 Å². The van der Waals surface area contributed by atoms with Gasteiger partial charge in [-0.15, -0.1) is 0 Å². The van der Waals surface area contributed by atoms with Crippen LogP contribution in [-0.4, -0.2) is 0 Å². The summed E-state index contributed by atoms with van der Waals surface area (Å²) in [5.41, 5.74) is 5.33. The first-order chi connectivity index (χ1) is 8.33. The molecular weight excluding hydrogens is 272 g/mol. The number of hydrogen-bond acceptors (Lipinski definition) is 0. The van der Waals surface area contributed by atoms with Gasteiger partial charge in [0.1, 0.15) is 0 Å². The van der Waals surface area contributed by atoms with E-state index >= 15 is 0 Å². The molecule has 88 valence electrons. The van der Waals surface area contributed by atoms with Crippen LogP contribution in [0.3, 0.4) is 0 Å². The molecule has 0 nitrogen and oxygen atoms in total. The van der Waals surface area contributed by atoms with Crippen molar-refractivity contribution in [2.45, 2.75) is 25.1 Å². The number of hydrogen-bond donors (Lipinski definition) is 0. The van der Waals surface area contributed by atoms with Gasteiger partial charge in [0, 0.05) is 5.33 Å². The number of halogens is 1. The summed E-state index contributed by atoms with van der Waals surface area (Å²) in [5, 5.41) is 0.919. The Morgan fingerprint density at radius 2 is 1.24 bits per heavy atom. The van der Waals surface area contributed by atoms with E-state index in [0.717, 1.165) is 5.33 Å². The monoisotopic (exact) mass is 288 g/mol. The Labute approximate surface area is 112 Å². The second kappa shape index (κ2) is 6.02. The van der Waals surface area contributed by atoms with Gasteiger partial charge in [-0.2, -0.15) is 0 Å². The van der Waals surface area contributed by atoms with Crippen molar-refractivity contribution in [3.63, 3.8) is 0 Å². The highest BCUT2D eigenvalue weighted by Crippen LogP contribution is 2.21. The lowest BCUT2D eigenvalue weighted by molar-refractivity contribution is 0.922. The number of benzene rings is 2. The van der Waals surface area contributed by atoms with E-state index in [9.17, 15) is 0 Å². The van der Waals surface area contributed by atoms with Crippen LogP contribution in [0.5, 0.6) is 0 Å². The summed E-state index contributed by atoms with van der Waals surface area (Å²) >= 11 is 3.47. The van der Waals surface area contributed by atoms with Gasteiger partial charge in [0.25, 0.3) is 0 Å². The van der Waals surface area contributed by atoms with Gasteiger partial charge in [0.2, 0.25) is 0 Å². The molecule has 17 heavy (non-hydrogen) atoms. The zero-order valence-corrected chi connectivity index (χ0v) is 11.7. The van der Waals surface area contributed by atoms with E-state index in [1.807, 2.05) is 0 Å². The number of alkyl halides is 1. The van der Waals surface area contributed by atoms with Gasteiger partial charge in [0.15, 0.2) is 0 Å². The van der Waals surface area contributed by atoms with E-state index in [-0.39, 0.29) is 0 Å². The average Bonchev–Trinajstić information content (AvgIpc) is 2.40. The zero-order valence-electron chi connectivity index (χ0n) is 10.1. The quantitative estimate of drug-likeness (QED) is 0.678. The summed E-state index contributed by atoms with van der Waals surface area (Å²) < 4.78 is 0. The van der Waals surface area contributed by atoms with E-state index < -0.39 is 0 Å². The van der Waals surface area contributed by atoms with Gasteiger partial charge in [-0.25, -0.2) is 0 Å². The zero-order chi connectivity index (χ0) is 12.1. The van der Waals surface area contributed by atoms with E-state index in [2.05, 4.69) is 71.4 Å². The molecular formula is C16H17Br. The SMILES string of the molecule is CCCc1ccc(-c2ccc(CBr)cc2)cc1. The molecule has 0 aliphatic heterocycles. The van der Waals surface area contributed by atoms with Crippen molar-refractivity contribution in [2.24, 2.45) is 0 Å².